The van der Waals surface area contributed by atoms with E-state index in [2.05, 4.69) is 16.3 Å². The van der Waals surface area contributed by atoms with E-state index in [-0.39, 0.29) is 5.91 Å². The quantitative estimate of drug-likeness (QED) is 0.697. The monoisotopic (exact) mass is 239 g/mol. The summed E-state index contributed by atoms with van der Waals surface area (Å²) in [6.07, 6.45) is 2.39. The molecule has 0 radical (unpaired) electrons. The van der Waals surface area contributed by atoms with E-state index in [1.807, 2.05) is 7.05 Å². The van der Waals surface area contributed by atoms with Crippen LogP contribution in [0.2, 0.25) is 0 Å². The van der Waals surface area contributed by atoms with Gasteiger partial charge in [0, 0.05) is 26.7 Å². The number of nitrogens with one attached hydrogen (secondary N) is 1. The van der Waals surface area contributed by atoms with Gasteiger partial charge in [0.05, 0.1) is 12.7 Å². The van der Waals surface area contributed by atoms with Crippen LogP contribution in [-0.4, -0.2) is 51.2 Å². The summed E-state index contributed by atoms with van der Waals surface area (Å²) in [5.41, 5.74) is -0.731. The molecule has 1 rings (SSSR count). The Balaban J connectivity index is 2.18. The van der Waals surface area contributed by atoms with E-state index in [0.29, 0.717) is 26.0 Å². The number of amides is 1. The fourth-order valence-electron chi connectivity index (χ4n) is 1.81. The molecule has 0 bridgehead atoms. The van der Waals surface area contributed by atoms with E-state index < -0.39 is 5.41 Å². The summed E-state index contributed by atoms with van der Waals surface area (Å²) in [4.78, 5) is 13.9. The number of carbonyl (C=O) groups is 1. The van der Waals surface area contributed by atoms with Crippen molar-refractivity contribution in [3.8, 4) is 6.07 Å². The van der Waals surface area contributed by atoms with Crippen molar-refractivity contribution in [3.63, 3.8) is 0 Å². The van der Waals surface area contributed by atoms with E-state index in [9.17, 15) is 4.79 Å². The van der Waals surface area contributed by atoms with Crippen molar-refractivity contribution in [2.75, 3.05) is 40.4 Å². The van der Waals surface area contributed by atoms with E-state index in [1.165, 1.54) is 0 Å². The molecule has 1 amide bonds. The molecule has 0 aliphatic heterocycles. The first kappa shape index (κ1) is 13.9. The molecule has 17 heavy (non-hydrogen) atoms. The average Bonchev–Trinajstić information content (AvgIpc) is 2.25. The molecule has 0 unspecified atom stereocenters. The van der Waals surface area contributed by atoms with Crippen molar-refractivity contribution in [2.24, 2.45) is 5.41 Å². The number of nitriles is 1. The number of rotatable bonds is 7. The van der Waals surface area contributed by atoms with Gasteiger partial charge in [0.2, 0.25) is 5.91 Å². The summed E-state index contributed by atoms with van der Waals surface area (Å²) in [6, 6.07) is 2.14. The number of carbonyl (C=O) groups excluding carboxylic acids is 1. The van der Waals surface area contributed by atoms with Crippen molar-refractivity contribution in [1.82, 2.24) is 10.2 Å². The van der Waals surface area contributed by atoms with E-state index in [0.717, 1.165) is 19.5 Å². The van der Waals surface area contributed by atoms with E-state index in [4.69, 9.17) is 10.00 Å². The fourth-order valence-corrected chi connectivity index (χ4v) is 1.81. The number of hydrogen-bond donors (Lipinski definition) is 1. The first-order valence-corrected chi connectivity index (χ1v) is 6.01. The van der Waals surface area contributed by atoms with Gasteiger partial charge in [-0.3, -0.25) is 4.79 Å². The minimum atomic E-state index is -0.731. The molecule has 0 saturated heterocycles. The van der Waals surface area contributed by atoms with Crippen LogP contribution in [0.4, 0.5) is 0 Å². The molecule has 0 aromatic heterocycles. The van der Waals surface area contributed by atoms with Gasteiger partial charge in [-0.15, -0.1) is 0 Å². The zero-order valence-electron chi connectivity index (χ0n) is 10.7. The predicted molar refractivity (Wildman–Crippen MR) is 64.3 cm³/mol. The molecule has 1 fully saturated rings. The number of nitrogens with zero attached hydrogens (tertiary/aromatic N) is 2. The maximum Gasteiger partial charge on any atom is 0.240 e. The van der Waals surface area contributed by atoms with Crippen molar-refractivity contribution < 1.29 is 9.53 Å². The highest BCUT2D eigenvalue weighted by molar-refractivity contribution is 5.86. The predicted octanol–water partition coefficient (Wildman–Crippen LogP) is 0.375. The summed E-state index contributed by atoms with van der Waals surface area (Å²) >= 11 is 0. The first-order valence-electron chi connectivity index (χ1n) is 6.01. The number of methoxy groups -OCH3 is 1. The Kier molecular flexibility index (Phi) is 5.39. The second kappa shape index (κ2) is 6.58. The molecule has 1 aliphatic rings. The molecule has 1 N–H and O–H groups in total. The minimum absolute atomic E-state index is 0.105. The van der Waals surface area contributed by atoms with Crippen molar-refractivity contribution in [3.05, 3.63) is 0 Å². The van der Waals surface area contributed by atoms with Crippen molar-refractivity contribution in [1.29, 1.82) is 5.26 Å². The van der Waals surface area contributed by atoms with Crippen LogP contribution in [0.25, 0.3) is 0 Å². The number of hydrogen-bond acceptors (Lipinski definition) is 4. The third kappa shape index (κ3) is 3.69. The Morgan fingerprint density at radius 2 is 2.24 bits per heavy atom. The van der Waals surface area contributed by atoms with Gasteiger partial charge < -0.3 is 15.0 Å². The zero-order valence-corrected chi connectivity index (χ0v) is 10.7. The van der Waals surface area contributed by atoms with Crippen molar-refractivity contribution >= 4 is 5.91 Å². The second-order valence-electron chi connectivity index (χ2n) is 4.60. The molecule has 0 heterocycles. The molecule has 0 aromatic rings. The highest BCUT2D eigenvalue weighted by Crippen LogP contribution is 2.40. The molecule has 0 spiro atoms. The highest BCUT2D eigenvalue weighted by atomic mass is 16.5. The summed E-state index contributed by atoms with van der Waals surface area (Å²) < 4.78 is 4.97. The molecule has 5 heteroatoms. The summed E-state index contributed by atoms with van der Waals surface area (Å²) in [5.74, 6) is -0.105. The molecular formula is C12H21N3O2. The number of ether oxygens (including phenoxy) is 1. The van der Waals surface area contributed by atoms with Crippen LogP contribution in [0.5, 0.6) is 0 Å². The molecule has 1 aliphatic carbocycles. The number of likely N-dealkylation sites (N-methyl/N-ethyl adjacent to an activating group) is 1. The summed E-state index contributed by atoms with van der Waals surface area (Å²) in [7, 11) is 3.65. The van der Waals surface area contributed by atoms with Crippen LogP contribution in [-0.2, 0) is 9.53 Å². The summed E-state index contributed by atoms with van der Waals surface area (Å²) in [5, 5.41) is 11.8. The van der Waals surface area contributed by atoms with Gasteiger partial charge in [0.15, 0.2) is 0 Å². The van der Waals surface area contributed by atoms with Gasteiger partial charge in [0.25, 0.3) is 0 Å². The molecule has 96 valence electrons. The van der Waals surface area contributed by atoms with Crippen molar-refractivity contribution in [2.45, 2.75) is 19.3 Å². The maximum absolute atomic E-state index is 11.8. The lowest BCUT2D eigenvalue weighted by atomic mass is 9.69. The SMILES string of the molecule is COCCN(C)CCNC(=O)C1(C#N)CCC1. The van der Waals surface area contributed by atoms with Crippen LogP contribution in [0.1, 0.15) is 19.3 Å². The van der Waals surface area contributed by atoms with Gasteiger partial charge in [-0.25, -0.2) is 0 Å². The Bertz CT molecular complexity index is 295. The van der Waals surface area contributed by atoms with E-state index in [1.54, 1.807) is 7.11 Å². The molecule has 0 aromatic carbocycles. The van der Waals surface area contributed by atoms with Gasteiger partial charge in [-0.1, -0.05) is 0 Å². The van der Waals surface area contributed by atoms with Crippen LogP contribution >= 0.6 is 0 Å². The lowest BCUT2D eigenvalue weighted by Crippen LogP contribution is -2.46. The lowest BCUT2D eigenvalue weighted by molar-refractivity contribution is -0.131. The Morgan fingerprint density at radius 3 is 2.71 bits per heavy atom. The standard InChI is InChI=1S/C12H21N3O2/c1-15(8-9-17-2)7-6-14-11(16)12(10-13)4-3-5-12/h3-9H2,1-2H3,(H,14,16). The smallest absolute Gasteiger partial charge is 0.240 e. The fraction of sp³-hybridized carbons (Fsp3) is 0.833. The van der Waals surface area contributed by atoms with Gasteiger partial charge in [-0.2, -0.15) is 5.26 Å². The molecular weight excluding hydrogens is 218 g/mol. The molecule has 0 atom stereocenters. The molecule has 5 nitrogen and oxygen atoms in total. The topological polar surface area (TPSA) is 65.4 Å². The highest BCUT2D eigenvalue weighted by Gasteiger charge is 2.44. The minimum Gasteiger partial charge on any atom is -0.383 e. The maximum atomic E-state index is 11.8. The second-order valence-corrected chi connectivity index (χ2v) is 4.60. The third-order valence-electron chi connectivity index (χ3n) is 3.31. The largest absolute Gasteiger partial charge is 0.383 e. The van der Waals surface area contributed by atoms with Gasteiger partial charge in [0.1, 0.15) is 5.41 Å². The van der Waals surface area contributed by atoms with E-state index >= 15 is 0 Å². The van der Waals surface area contributed by atoms with Crippen LogP contribution < -0.4 is 5.32 Å². The van der Waals surface area contributed by atoms with Gasteiger partial charge >= 0.3 is 0 Å². The summed E-state index contributed by atoms with van der Waals surface area (Å²) in [6.45, 7) is 2.89. The Morgan fingerprint density at radius 1 is 1.53 bits per heavy atom. The lowest BCUT2D eigenvalue weighted by Gasteiger charge is -2.33. The normalized spacial score (nSPS) is 17.3. The molecule has 1 saturated carbocycles. The zero-order chi connectivity index (χ0) is 12.7. The Hall–Kier alpha value is -1.12. The van der Waals surface area contributed by atoms with Gasteiger partial charge in [-0.05, 0) is 26.3 Å². The first-order chi connectivity index (χ1) is 8.14. The van der Waals surface area contributed by atoms with Crippen LogP contribution in [0.15, 0.2) is 0 Å². The van der Waals surface area contributed by atoms with Crippen LogP contribution in [0.3, 0.4) is 0 Å². The third-order valence-corrected chi connectivity index (χ3v) is 3.31. The Labute approximate surface area is 103 Å². The van der Waals surface area contributed by atoms with Crippen LogP contribution in [0, 0.1) is 16.7 Å². The average molecular weight is 239 g/mol.